The fourth-order valence-corrected chi connectivity index (χ4v) is 10.4. The summed E-state index contributed by atoms with van der Waals surface area (Å²) in [7, 11) is -0.836. The molecule has 0 N–H and O–H groups in total. The van der Waals surface area contributed by atoms with Crippen molar-refractivity contribution in [1.82, 2.24) is 0 Å². The zero-order chi connectivity index (χ0) is 17.3. The quantitative estimate of drug-likeness (QED) is 0.688. The third-order valence-corrected chi connectivity index (χ3v) is 10.4. The third kappa shape index (κ3) is 2.19. The Balaban J connectivity index is 1.76. The zero-order valence-electron chi connectivity index (χ0n) is 15.1. The normalized spacial score (nSPS) is 23.7. The molecule has 0 saturated heterocycles. The molecule has 0 spiro atoms. The molecule has 0 amide bonds. The van der Waals surface area contributed by atoms with Crippen molar-refractivity contribution in [3.8, 4) is 0 Å². The van der Waals surface area contributed by atoms with Gasteiger partial charge in [0.05, 0.1) is 14.0 Å². The molecule has 2 aromatic rings. The van der Waals surface area contributed by atoms with E-state index in [-0.39, 0.29) is 0 Å². The highest BCUT2D eigenvalue weighted by Crippen LogP contribution is 2.53. The highest BCUT2D eigenvalue weighted by atomic mass is 32.2. The van der Waals surface area contributed by atoms with Crippen molar-refractivity contribution in [3.05, 3.63) is 72.6 Å². The van der Waals surface area contributed by atoms with Gasteiger partial charge in [-0.05, 0) is 57.5 Å². The summed E-state index contributed by atoms with van der Waals surface area (Å²) in [6.07, 6.45) is 4.73. The van der Waals surface area contributed by atoms with E-state index in [0.29, 0.717) is 11.2 Å². The second-order valence-corrected chi connectivity index (χ2v) is 13.1. The molecule has 3 aliphatic rings. The van der Waals surface area contributed by atoms with Crippen LogP contribution in [0.5, 0.6) is 0 Å². The molecule has 0 saturated carbocycles. The molecule has 126 valence electrons. The van der Waals surface area contributed by atoms with Crippen molar-refractivity contribution in [3.63, 3.8) is 0 Å². The zero-order valence-corrected chi connectivity index (χ0v) is 17.9. The van der Waals surface area contributed by atoms with Crippen molar-refractivity contribution < 1.29 is 0 Å². The van der Waals surface area contributed by atoms with E-state index in [0.717, 1.165) is 0 Å². The molecule has 0 radical (unpaired) electrons. The molecule has 0 bridgehead atoms. The number of benzene rings is 1. The molecule has 1 aromatic heterocycles. The average molecular weight is 379 g/mol. The van der Waals surface area contributed by atoms with Crippen LogP contribution in [0.2, 0.25) is 13.1 Å². The van der Waals surface area contributed by atoms with Crippen LogP contribution in [0.4, 0.5) is 0 Å². The Labute approximate surface area is 159 Å². The van der Waals surface area contributed by atoms with E-state index in [2.05, 4.69) is 81.2 Å². The Bertz CT molecular complexity index is 1080. The van der Waals surface area contributed by atoms with Crippen LogP contribution < -0.4 is 9.75 Å². The van der Waals surface area contributed by atoms with E-state index in [9.17, 15) is 0 Å². The smallest absolute Gasteiger partial charge is 0.0633 e. The maximum Gasteiger partial charge on any atom is 0.0633 e. The predicted octanol–water partition coefficient (Wildman–Crippen LogP) is 4.60. The van der Waals surface area contributed by atoms with E-state index in [1.165, 1.54) is 20.9 Å². The van der Waals surface area contributed by atoms with E-state index < -0.39 is 8.80 Å². The number of rotatable bonds is 2. The van der Waals surface area contributed by atoms with Crippen LogP contribution in [0.15, 0.2) is 46.9 Å². The number of aryl methyl sites for hydroxylation is 1. The summed E-state index contributed by atoms with van der Waals surface area (Å²) in [5.41, 5.74) is 6.11. The van der Waals surface area contributed by atoms with E-state index in [4.69, 9.17) is 0 Å². The van der Waals surface area contributed by atoms with E-state index in [1.807, 2.05) is 11.3 Å². The summed E-state index contributed by atoms with van der Waals surface area (Å²) in [5, 5.41) is 3.95. The van der Waals surface area contributed by atoms with Gasteiger partial charge in [0, 0.05) is 15.3 Å². The SMILES string of the molecule is CC1=C(C2C=Cc3ccccc32)C2=c3cc(C)sc3=C([SiH](C)C)C2S1. The number of allylic oxidation sites excluding steroid dienone is 3. The second kappa shape index (κ2) is 5.60. The van der Waals surface area contributed by atoms with Gasteiger partial charge < -0.3 is 0 Å². The number of hydrogen-bond donors (Lipinski definition) is 0. The number of fused-ring (bicyclic) bond motifs is 3. The Hall–Kier alpha value is -1.29. The summed E-state index contributed by atoms with van der Waals surface area (Å²) in [5.74, 6) is 0.435. The fourth-order valence-electron chi connectivity index (χ4n) is 4.64. The highest BCUT2D eigenvalue weighted by Gasteiger charge is 2.40. The average Bonchev–Trinajstić information content (AvgIpc) is 3.27. The van der Waals surface area contributed by atoms with Gasteiger partial charge in [0.15, 0.2) is 0 Å². The summed E-state index contributed by atoms with van der Waals surface area (Å²) in [4.78, 5) is 2.99. The maximum atomic E-state index is 2.50. The standard InChI is InChI=1S/C22H22S2Si/c1-12-11-17-19-18(16-10-9-14-7-5-6-8-15(14)16)13(2)24-21(19)22(25(3)4)20(17)23-12/h5-11,16,21,25H,1-4H3. The topological polar surface area (TPSA) is 0 Å². The molecule has 25 heavy (non-hydrogen) atoms. The lowest BCUT2D eigenvalue weighted by Gasteiger charge is -2.18. The number of hydrogen-bond acceptors (Lipinski definition) is 2. The first-order valence-corrected chi connectivity index (χ1v) is 13.6. The molecule has 0 fully saturated rings. The van der Waals surface area contributed by atoms with Crippen molar-refractivity contribution in [1.29, 1.82) is 0 Å². The summed E-state index contributed by atoms with van der Waals surface area (Å²) < 4.78 is 1.62. The van der Waals surface area contributed by atoms with E-state index >= 15 is 0 Å². The first-order valence-electron chi connectivity index (χ1n) is 9.06. The van der Waals surface area contributed by atoms with Gasteiger partial charge in [-0.3, -0.25) is 0 Å². The molecule has 2 atom stereocenters. The minimum atomic E-state index is -0.836. The molecule has 2 aliphatic carbocycles. The van der Waals surface area contributed by atoms with Crippen molar-refractivity contribution >= 4 is 48.7 Å². The first-order chi connectivity index (χ1) is 12.1. The Morgan fingerprint density at radius 1 is 1.04 bits per heavy atom. The third-order valence-electron chi connectivity index (χ3n) is 5.65. The van der Waals surface area contributed by atoms with Gasteiger partial charge in [0.2, 0.25) is 0 Å². The highest BCUT2D eigenvalue weighted by molar-refractivity contribution is 8.05. The molecule has 5 rings (SSSR count). The van der Waals surface area contributed by atoms with Crippen LogP contribution in [0.3, 0.4) is 0 Å². The van der Waals surface area contributed by atoms with Crippen molar-refractivity contribution in [2.24, 2.45) is 0 Å². The molecule has 2 unspecified atom stereocenters. The Morgan fingerprint density at radius 3 is 2.64 bits per heavy atom. The number of thioether (sulfide) groups is 1. The molecule has 1 aliphatic heterocycles. The van der Waals surface area contributed by atoms with Gasteiger partial charge in [0.1, 0.15) is 0 Å². The summed E-state index contributed by atoms with van der Waals surface area (Å²) >= 11 is 4.15. The lowest BCUT2D eigenvalue weighted by Crippen LogP contribution is -2.22. The molecule has 3 heteroatoms. The second-order valence-electron chi connectivity index (χ2n) is 7.56. The largest absolute Gasteiger partial charge is 0.141 e. The first kappa shape index (κ1) is 15.9. The van der Waals surface area contributed by atoms with Crippen LogP contribution in [-0.4, -0.2) is 14.0 Å². The van der Waals surface area contributed by atoms with Crippen LogP contribution in [0, 0.1) is 6.92 Å². The van der Waals surface area contributed by atoms with Crippen LogP contribution >= 0.6 is 23.1 Å². The minimum Gasteiger partial charge on any atom is -0.141 e. The van der Waals surface area contributed by atoms with Crippen LogP contribution in [0.1, 0.15) is 28.8 Å². The molecule has 0 nitrogen and oxygen atoms in total. The lowest BCUT2D eigenvalue weighted by atomic mass is 9.87. The van der Waals surface area contributed by atoms with Gasteiger partial charge in [-0.1, -0.05) is 49.5 Å². The fraction of sp³-hybridized carbons (Fsp3) is 0.273. The predicted molar refractivity (Wildman–Crippen MR) is 116 cm³/mol. The Kier molecular flexibility index (Phi) is 3.57. The van der Waals surface area contributed by atoms with Gasteiger partial charge in [0.25, 0.3) is 0 Å². The number of thiophene rings is 1. The molecular formula is C22H22S2Si. The van der Waals surface area contributed by atoms with Gasteiger partial charge in [-0.25, -0.2) is 0 Å². The van der Waals surface area contributed by atoms with Crippen molar-refractivity contribution in [2.75, 3.05) is 0 Å². The monoisotopic (exact) mass is 378 g/mol. The maximum absolute atomic E-state index is 2.50. The summed E-state index contributed by atoms with van der Waals surface area (Å²) in [6.45, 7) is 9.60. The Morgan fingerprint density at radius 2 is 1.84 bits per heavy atom. The molecular weight excluding hydrogens is 356 g/mol. The summed E-state index contributed by atoms with van der Waals surface area (Å²) in [6, 6.07) is 11.4. The van der Waals surface area contributed by atoms with Crippen LogP contribution in [0.25, 0.3) is 16.8 Å². The van der Waals surface area contributed by atoms with Crippen LogP contribution in [-0.2, 0) is 0 Å². The minimum absolute atomic E-state index is 0.435. The van der Waals surface area contributed by atoms with Crippen molar-refractivity contribution in [2.45, 2.75) is 38.1 Å². The van der Waals surface area contributed by atoms with Gasteiger partial charge in [-0.15, -0.1) is 23.1 Å². The van der Waals surface area contributed by atoms with Gasteiger partial charge >= 0.3 is 0 Å². The molecule has 1 aromatic carbocycles. The molecule has 2 heterocycles. The van der Waals surface area contributed by atoms with E-state index in [1.54, 1.807) is 26.1 Å². The lowest BCUT2D eigenvalue weighted by molar-refractivity contribution is 1.04. The van der Waals surface area contributed by atoms with Gasteiger partial charge in [-0.2, -0.15) is 0 Å².